The van der Waals surface area contributed by atoms with Crippen LogP contribution in [0.2, 0.25) is 0 Å². The Kier molecular flexibility index (Phi) is 4.79. The molecule has 2 amide bonds. The summed E-state index contributed by atoms with van der Waals surface area (Å²) >= 11 is 0. The van der Waals surface area contributed by atoms with Crippen LogP contribution in [-0.2, 0) is 0 Å². The summed E-state index contributed by atoms with van der Waals surface area (Å²) in [6.07, 6.45) is 6.42. The largest absolute Gasteiger partial charge is 0.472 e. The van der Waals surface area contributed by atoms with Gasteiger partial charge in [-0.1, -0.05) is 0 Å². The molecule has 1 saturated heterocycles. The van der Waals surface area contributed by atoms with Gasteiger partial charge in [0.25, 0.3) is 11.8 Å². The Bertz CT molecular complexity index is 706. The summed E-state index contributed by atoms with van der Waals surface area (Å²) in [5.74, 6) is 0.461. The molecular weight excluding hydrogens is 308 g/mol. The van der Waals surface area contributed by atoms with Gasteiger partial charge in [0.05, 0.1) is 17.4 Å². The molecule has 0 aromatic carbocycles. The van der Waals surface area contributed by atoms with E-state index in [1.165, 1.54) is 12.5 Å². The van der Waals surface area contributed by atoms with Crippen LogP contribution in [0.3, 0.4) is 0 Å². The number of nitrogens with zero attached hydrogens (tertiary/aromatic N) is 2. The molecule has 0 spiro atoms. The van der Waals surface area contributed by atoms with E-state index < -0.39 is 5.91 Å². The number of hydrogen-bond donors (Lipinski definition) is 2. The summed E-state index contributed by atoms with van der Waals surface area (Å²) < 4.78 is 4.91. The molecule has 7 nitrogen and oxygen atoms in total. The number of nitrogens with one attached hydrogen (secondary N) is 1. The highest BCUT2D eigenvalue weighted by Gasteiger charge is 2.23. The minimum Gasteiger partial charge on any atom is -0.472 e. The number of piperidine rings is 1. The number of primary amides is 1. The molecule has 2 aromatic heterocycles. The van der Waals surface area contributed by atoms with E-state index in [-0.39, 0.29) is 5.91 Å². The summed E-state index contributed by atoms with van der Waals surface area (Å²) in [4.78, 5) is 29.8. The monoisotopic (exact) mass is 328 g/mol. The first-order valence-corrected chi connectivity index (χ1v) is 7.95. The third-order valence-electron chi connectivity index (χ3n) is 4.30. The number of hydrogen-bond acceptors (Lipinski definition) is 5. The SMILES string of the molecule is NC(=O)c1cccnc1N1CCC(CNC(=O)c2ccoc2)CC1. The summed E-state index contributed by atoms with van der Waals surface area (Å²) in [7, 11) is 0. The number of aromatic nitrogens is 1. The van der Waals surface area contributed by atoms with Gasteiger partial charge in [0.1, 0.15) is 12.1 Å². The zero-order chi connectivity index (χ0) is 16.9. The molecule has 0 bridgehead atoms. The molecule has 1 aliphatic rings. The lowest BCUT2D eigenvalue weighted by molar-refractivity contribution is 0.0942. The summed E-state index contributed by atoms with van der Waals surface area (Å²) in [6.45, 7) is 2.19. The normalized spacial score (nSPS) is 15.2. The molecule has 1 aliphatic heterocycles. The number of carbonyl (C=O) groups excluding carboxylic acids is 2. The van der Waals surface area contributed by atoms with Crippen LogP contribution in [0.15, 0.2) is 41.3 Å². The Balaban J connectivity index is 1.53. The zero-order valence-electron chi connectivity index (χ0n) is 13.3. The maximum Gasteiger partial charge on any atom is 0.254 e. The second kappa shape index (κ2) is 7.16. The van der Waals surface area contributed by atoms with Crippen molar-refractivity contribution in [1.82, 2.24) is 10.3 Å². The minimum atomic E-state index is -0.465. The van der Waals surface area contributed by atoms with E-state index in [2.05, 4.69) is 15.2 Å². The highest BCUT2D eigenvalue weighted by atomic mass is 16.3. The maximum atomic E-state index is 11.9. The van der Waals surface area contributed by atoms with Crippen LogP contribution in [0.5, 0.6) is 0 Å². The van der Waals surface area contributed by atoms with Crippen LogP contribution in [0.1, 0.15) is 33.6 Å². The van der Waals surface area contributed by atoms with Crippen LogP contribution >= 0.6 is 0 Å². The number of carbonyl (C=O) groups is 2. The quantitative estimate of drug-likeness (QED) is 0.864. The highest BCUT2D eigenvalue weighted by Crippen LogP contribution is 2.24. The van der Waals surface area contributed by atoms with Crippen LogP contribution in [-0.4, -0.2) is 36.4 Å². The van der Waals surface area contributed by atoms with Gasteiger partial charge in [-0.05, 0) is 37.0 Å². The predicted molar refractivity (Wildman–Crippen MR) is 88.7 cm³/mol. The fraction of sp³-hybridized carbons (Fsp3) is 0.353. The lowest BCUT2D eigenvalue weighted by atomic mass is 9.96. The van der Waals surface area contributed by atoms with Crippen molar-refractivity contribution in [2.45, 2.75) is 12.8 Å². The van der Waals surface area contributed by atoms with Crippen molar-refractivity contribution < 1.29 is 14.0 Å². The van der Waals surface area contributed by atoms with Crippen molar-refractivity contribution in [3.05, 3.63) is 48.0 Å². The van der Waals surface area contributed by atoms with Crippen LogP contribution in [0.4, 0.5) is 5.82 Å². The number of furan rings is 1. The van der Waals surface area contributed by atoms with E-state index >= 15 is 0 Å². The van der Waals surface area contributed by atoms with Gasteiger partial charge in [-0.15, -0.1) is 0 Å². The average molecular weight is 328 g/mol. The molecular formula is C17H20N4O3. The zero-order valence-corrected chi connectivity index (χ0v) is 13.3. The Morgan fingerprint density at radius 1 is 1.33 bits per heavy atom. The van der Waals surface area contributed by atoms with Crippen LogP contribution in [0, 0.1) is 5.92 Å². The van der Waals surface area contributed by atoms with Crippen molar-refractivity contribution >= 4 is 17.6 Å². The predicted octanol–water partition coefficient (Wildman–Crippen LogP) is 1.42. The Morgan fingerprint density at radius 2 is 2.12 bits per heavy atom. The first-order chi connectivity index (χ1) is 11.6. The first-order valence-electron chi connectivity index (χ1n) is 7.95. The lowest BCUT2D eigenvalue weighted by Crippen LogP contribution is -2.39. The minimum absolute atomic E-state index is 0.119. The molecule has 7 heteroatoms. The highest BCUT2D eigenvalue weighted by molar-refractivity contribution is 5.97. The topological polar surface area (TPSA) is 101 Å². The second-order valence-corrected chi connectivity index (χ2v) is 5.89. The summed E-state index contributed by atoms with van der Waals surface area (Å²) in [5, 5.41) is 2.93. The van der Waals surface area contributed by atoms with E-state index in [0.29, 0.717) is 29.4 Å². The van der Waals surface area contributed by atoms with Crippen molar-refractivity contribution in [2.24, 2.45) is 11.7 Å². The molecule has 3 rings (SSSR count). The third kappa shape index (κ3) is 3.56. The van der Waals surface area contributed by atoms with Gasteiger partial charge in [0.2, 0.25) is 0 Å². The van der Waals surface area contributed by atoms with Gasteiger partial charge in [0, 0.05) is 25.8 Å². The van der Waals surface area contributed by atoms with Gasteiger partial charge >= 0.3 is 0 Å². The summed E-state index contributed by atoms with van der Waals surface area (Å²) in [6, 6.07) is 5.05. The van der Waals surface area contributed by atoms with Crippen molar-refractivity contribution in [2.75, 3.05) is 24.5 Å². The average Bonchev–Trinajstić information content (AvgIpc) is 3.15. The smallest absolute Gasteiger partial charge is 0.254 e. The Morgan fingerprint density at radius 3 is 2.79 bits per heavy atom. The molecule has 3 N–H and O–H groups in total. The van der Waals surface area contributed by atoms with Crippen molar-refractivity contribution in [3.63, 3.8) is 0 Å². The molecule has 1 fully saturated rings. The molecule has 0 atom stereocenters. The fourth-order valence-corrected chi connectivity index (χ4v) is 2.92. The lowest BCUT2D eigenvalue weighted by Gasteiger charge is -2.33. The molecule has 126 valence electrons. The van der Waals surface area contributed by atoms with E-state index in [4.69, 9.17) is 10.2 Å². The number of amides is 2. The first kappa shape index (κ1) is 16.0. The van der Waals surface area contributed by atoms with Gasteiger partial charge < -0.3 is 20.4 Å². The Hall–Kier alpha value is -2.83. The van der Waals surface area contributed by atoms with Crippen molar-refractivity contribution in [1.29, 1.82) is 0 Å². The third-order valence-corrected chi connectivity index (χ3v) is 4.30. The second-order valence-electron chi connectivity index (χ2n) is 5.89. The number of rotatable bonds is 5. The van der Waals surface area contributed by atoms with E-state index in [9.17, 15) is 9.59 Å². The standard InChI is InChI=1S/C17H20N4O3/c18-15(22)14-2-1-6-19-16(14)21-7-3-12(4-8-21)10-20-17(23)13-5-9-24-11-13/h1-2,5-6,9,11-12H,3-4,7-8,10H2,(H2,18,22)(H,20,23). The van der Waals surface area contributed by atoms with E-state index in [0.717, 1.165) is 25.9 Å². The summed E-state index contributed by atoms with van der Waals surface area (Å²) in [5.41, 5.74) is 6.40. The van der Waals surface area contributed by atoms with Crippen molar-refractivity contribution in [3.8, 4) is 0 Å². The number of pyridine rings is 1. The Labute approximate surface area is 139 Å². The number of anilines is 1. The fourth-order valence-electron chi connectivity index (χ4n) is 2.92. The van der Waals surface area contributed by atoms with Gasteiger partial charge in [-0.3, -0.25) is 9.59 Å². The van der Waals surface area contributed by atoms with Gasteiger partial charge in [-0.2, -0.15) is 0 Å². The van der Waals surface area contributed by atoms with Crippen LogP contribution in [0.25, 0.3) is 0 Å². The molecule has 3 heterocycles. The molecule has 0 saturated carbocycles. The van der Waals surface area contributed by atoms with Gasteiger partial charge in [0.15, 0.2) is 0 Å². The maximum absolute atomic E-state index is 11.9. The molecule has 24 heavy (non-hydrogen) atoms. The molecule has 0 aliphatic carbocycles. The van der Waals surface area contributed by atoms with Crippen LogP contribution < -0.4 is 16.0 Å². The van der Waals surface area contributed by atoms with Gasteiger partial charge in [-0.25, -0.2) is 4.98 Å². The molecule has 2 aromatic rings. The number of nitrogens with two attached hydrogens (primary N) is 1. The molecule has 0 unspecified atom stereocenters. The van der Waals surface area contributed by atoms with E-state index in [1.54, 1.807) is 24.4 Å². The molecule has 0 radical (unpaired) electrons. The van der Waals surface area contributed by atoms with E-state index in [1.807, 2.05) is 0 Å².